The van der Waals surface area contributed by atoms with Gasteiger partial charge in [0, 0.05) is 11.3 Å². The number of thiophene rings is 1. The van der Waals surface area contributed by atoms with Crippen molar-refractivity contribution in [2.75, 3.05) is 11.9 Å². The lowest BCUT2D eigenvalue weighted by Crippen LogP contribution is -2.13. The SMILES string of the molecule is CCCc1ccccc1NC(=O)c1sccc1C#CCN. The average Bonchev–Trinajstić information content (AvgIpc) is 2.96. The number of nitrogens with two attached hydrogens (primary N) is 1. The quantitative estimate of drug-likeness (QED) is 0.851. The van der Waals surface area contributed by atoms with Crippen LogP contribution in [0.3, 0.4) is 0 Å². The Labute approximate surface area is 129 Å². The highest BCUT2D eigenvalue weighted by molar-refractivity contribution is 7.12. The Kier molecular flexibility index (Phi) is 5.56. The Morgan fingerprint density at radius 2 is 2.14 bits per heavy atom. The van der Waals surface area contributed by atoms with Gasteiger partial charge in [0.2, 0.25) is 0 Å². The average molecular weight is 298 g/mol. The summed E-state index contributed by atoms with van der Waals surface area (Å²) >= 11 is 1.39. The second-order valence-corrected chi connectivity index (χ2v) is 5.45. The van der Waals surface area contributed by atoms with Gasteiger partial charge in [0.05, 0.1) is 6.54 Å². The van der Waals surface area contributed by atoms with Crippen LogP contribution in [0.15, 0.2) is 35.7 Å². The first-order valence-electron chi connectivity index (χ1n) is 6.92. The fourth-order valence-corrected chi connectivity index (χ4v) is 2.78. The van der Waals surface area contributed by atoms with Gasteiger partial charge in [-0.1, -0.05) is 43.4 Å². The third-order valence-corrected chi connectivity index (χ3v) is 3.89. The van der Waals surface area contributed by atoms with Crippen LogP contribution in [-0.2, 0) is 6.42 Å². The van der Waals surface area contributed by atoms with E-state index in [0.29, 0.717) is 4.88 Å². The van der Waals surface area contributed by atoms with Crippen molar-refractivity contribution in [3.63, 3.8) is 0 Å². The maximum atomic E-state index is 12.4. The fourth-order valence-electron chi connectivity index (χ4n) is 2.04. The minimum absolute atomic E-state index is 0.116. The van der Waals surface area contributed by atoms with Gasteiger partial charge in [0.15, 0.2) is 0 Å². The zero-order chi connectivity index (χ0) is 15.1. The molecule has 3 N–H and O–H groups in total. The smallest absolute Gasteiger partial charge is 0.267 e. The predicted octanol–water partition coefficient (Wildman–Crippen LogP) is 3.26. The number of para-hydroxylation sites is 1. The highest BCUT2D eigenvalue weighted by atomic mass is 32.1. The fraction of sp³-hybridized carbons (Fsp3) is 0.235. The van der Waals surface area contributed by atoms with Crippen molar-refractivity contribution >= 4 is 22.9 Å². The lowest BCUT2D eigenvalue weighted by atomic mass is 10.1. The highest BCUT2D eigenvalue weighted by Gasteiger charge is 2.13. The zero-order valence-electron chi connectivity index (χ0n) is 12.0. The second kappa shape index (κ2) is 7.63. The van der Waals surface area contributed by atoms with Gasteiger partial charge in [-0.25, -0.2) is 0 Å². The first-order chi connectivity index (χ1) is 10.3. The Hall–Kier alpha value is -2.09. The second-order valence-electron chi connectivity index (χ2n) is 4.53. The predicted molar refractivity (Wildman–Crippen MR) is 88.6 cm³/mol. The van der Waals surface area contributed by atoms with Crippen LogP contribution in [0.25, 0.3) is 0 Å². The summed E-state index contributed by atoms with van der Waals surface area (Å²) in [6.07, 6.45) is 1.99. The molecular formula is C17H18N2OS. The van der Waals surface area contributed by atoms with E-state index in [9.17, 15) is 4.79 Å². The van der Waals surface area contributed by atoms with Crippen LogP contribution in [-0.4, -0.2) is 12.5 Å². The highest BCUT2D eigenvalue weighted by Crippen LogP contribution is 2.21. The maximum absolute atomic E-state index is 12.4. The first-order valence-corrected chi connectivity index (χ1v) is 7.80. The number of hydrogen-bond donors (Lipinski definition) is 2. The molecule has 0 saturated carbocycles. The van der Waals surface area contributed by atoms with E-state index in [1.165, 1.54) is 11.3 Å². The van der Waals surface area contributed by atoms with Crippen molar-refractivity contribution in [2.24, 2.45) is 5.73 Å². The van der Waals surface area contributed by atoms with E-state index in [1.54, 1.807) is 0 Å². The maximum Gasteiger partial charge on any atom is 0.267 e. The van der Waals surface area contributed by atoms with E-state index < -0.39 is 0 Å². The van der Waals surface area contributed by atoms with E-state index in [0.717, 1.165) is 29.7 Å². The van der Waals surface area contributed by atoms with Crippen molar-refractivity contribution in [2.45, 2.75) is 19.8 Å². The summed E-state index contributed by atoms with van der Waals surface area (Å²) < 4.78 is 0. The Bertz CT molecular complexity index is 679. The zero-order valence-corrected chi connectivity index (χ0v) is 12.8. The summed E-state index contributed by atoms with van der Waals surface area (Å²) in [5.41, 5.74) is 8.13. The third kappa shape index (κ3) is 3.94. The first kappa shape index (κ1) is 15.3. The molecule has 1 heterocycles. The number of benzene rings is 1. The normalized spacial score (nSPS) is 9.81. The molecule has 1 aromatic carbocycles. The summed E-state index contributed by atoms with van der Waals surface area (Å²) in [6, 6.07) is 9.74. The number of rotatable bonds is 4. The minimum atomic E-state index is -0.116. The van der Waals surface area contributed by atoms with Gasteiger partial charge in [-0.3, -0.25) is 4.79 Å². The molecule has 0 aliphatic carbocycles. The van der Waals surface area contributed by atoms with Gasteiger partial charge in [-0.05, 0) is 29.5 Å². The topological polar surface area (TPSA) is 55.1 Å². The third-order valence-electron chi connectivity index (χ3n) is 2.98. The van der Waals surface area contributed by atoms with E-state index in [2.05, 4.69) is 24.1 Å². The van der Waals surface area contributed by atoms with E-state index in [-0.39, 0.29) is 12.5 Å². The molecular weight excluding hydrogens is 280 g/mol. The molecule has 0 aliphatic heterocycles. The van der Waals surface area contributed by atoms with Gasteiger partial charge < -0.3 is 11.1 Å². The van der Waals surface area contributed by atoms with Crippen molar-refractivity contribution in [3.05, 3.63) is 51.7 Å². The molecule has 0 bridgehead atoms. The Balaban J connectivity index is 2.21. The molecule has 0 unspecified atom stereocenters. The molecule has 4 heteroatoms. The van der Waals surface area contributed by atoms with Crippen LogP contribution in [0.2, 0.25) is 0 Å². The minimum Gasteiger partial charge on any atom is -0.321 e. The largest absolute Gasteiger partial charge is 0.321 e. The van der Waals surface area contributed by atoms with E-state index in [1.807, 2.05) is 35.7 Å². The number of aryl methyl sites for hydroxylation is 1. The summed E-state index contributed by atoms with van der Waals surface area (Å²) in [4.78, 5) is 13.0. The molecule has 0 aliphatic rings. The number of carbonyl (C=O) groups is 1. The van der Waals surface area contributed by atoms with Gasteiger partial charge >= 0.3 is 0 Å². The monoisotopic (exact) mass is 298 g/mol. The van der Waals surface area contributed by atoms with Crippen LogP contribution in [0.5, 0.6) is 0 Å². The molecule has 0 spiro atoms. The van der Waals surface area contributed by atoms with Gasteiger partial charge in [0.1, 0.15) is 4.88 Å². The standard InChI is InChI=1S/C17H18N2OS/c1-2-6-13-7-3-4-9-15(13)19-17(20)16-14(8-5-11-18)10-12-21-16/h3-4,7,9-10,12H,2,6,11,18H2,1H3,(H,19,20). The van der Waals surface area contributed by atoms with Crippen molar-refractivity contribution in [1.82, 2.24) is 0 Å². The molecule has 2 aromatic rings. The molecule has 2 rings (SSSR count). The van der Waals surface area contributed by atoms with Crippen LogP contribution in [0, 0.1) is 11.8 Å². The summed E-state index contributed by atoms with van der Waals surface area (Å²) in [5.74, 6) is 5.60. The van der Waals surface area contributed by atoms with Crippen LogP contribution in [0.1, 0.15) is 34.1 Å². The molecule has 1 aromatic heterocycles. The van der Waals surface area contributed by atoms with Crippen LogP contribution in [0.4, 0.5) is 5.69 Å². The van der Waals surface area contributed by atoms with Crippen LogP contribution < -0.4 is 11.1 Å². The molecule has 3 nitrogen and oxygen atoms in total. The number of nitrogens with one attached hydrogen (secondary N) is 1. The molecule has 1 amide bonds. The Morgan fingerprint density at radius 3 is 2.90 bits per heavy atom. The van der Waals surface area contributed by atoms with Gasteiger partial charge in [-0.15, -0.1) is 11.3 Å². The van der Waals surface area contributed by atoms with Gasteiger partial charge in [0.25, 0.3) is 5.91 Å². The molecule has 0 radical (unpaired) electrons. The van der Waals surface area contributed by atoms with E-state index >= 15 is 0 Å². The summed E-state index contributed by atoms with van der Waals surface area (Å²) in [7, 11) is 0. The van der Waals surface area contributed by atoms with Gasteiger partial charge in [-0.2, -0.15) is 0 Å². The van der Waals surface area contributed by atoms with Crippen molar-refractivity contribution in [3.8, 4) is 11.8 Å². The summed E-state index contributed by atoms with van der Waals surface area (Å²) in [6.45, 7) is 2.41. The van der Waals surface area contributed by atoms with E-state index in [4.69, 9.17) is 5.73 Å². The number of carbonyl (C=O) groups excluding carboxylic acids is 1. The molecule has 21 heavy (non-hydrogen) atoms. The van der Waals surface area contributed by atoms with Crippen molar-refractivity contribution in [1.29, 1.82) is 0 Å². The Morgan fingerprint density at radius 1 is 1.33 bits per heavy atom. The molecule has 0 atom stereocenters. The lowest BCUT2D eigenvalue weighted by molar-refractivity contribution is 0.103. The van der Waals surface area contributed by atoms with Crippen LogP contribution >= 0.6 is 11.3 Å². The molecule has 108 valence electrons. The number of hydrogen-bond acceptors (Lipinski definition) is 3. The van der Waals surface area contributed by atoms with Crippen molar-refractivity contribution < 1.29 is 4.79 Å². The number of anilines is 1. The summed E-state index contributed by atoms with van der Waals surface area (Å²) in [5, 5.41) is 4.86. The lowest BCUT2D eigenvalue weighted by Gasteiger charge is -2.09. The number of amides is 1. The molecule has 0 saturated heterocycles. The molecule has 0 fully saturated rings.